The van der Waals surface area contributed by atoms with Gasteiger partial charge in [0.1, 0.15) is 6.10 Å². The highest BCUT2D eigenvalue weighted by atomic mass is 16.5. The van der Waals surface area contributed by atoms with Crippen molar-refractivity contribution >= 4 is 23.3 Å². The summed E-state index contributed by atoms with van der Waals surface area (Å²) < 4.78 is 5.51. The minimum atomic E-state index is -0.952. The zero-order chi connectivity index (χ0) is 15.2. The maximum absolute atomic E-state index is 12.6. The topological polar surface area (TPSA) is 92.9 Å². The molecule has 1 aromatic carbocycles. The van der Waals surface area contributed by atoms with Crippen LogP contribution >= 0.6 is 0 Å². The van der Waals surface area contributed by atoms with Crippen molar-refractivity contribution in [2.24, 2.45) is 0 Å². The maximum Gasteiger partial charge on any atom is 0.305 e. The monoisotopic (exact) mass is 292 g/mol. The summed E-state index contributed by atoms with van der Waals surface area (Å²) in [5.41, 5.74) is 6.90. The molecule has 1 unspecified atom stereocenters. The smallest absolute Gasteiger partial charge is 0.305 e. The third-order valence-electron chi connectivity index (χ3n) is 3.50. The van der Waals surface area contributed by atoms with Gasteiger partial charge < -0.3 is 20.5 Å². The number of carbonyl (C=O) groups excluding carboxylic acids is 1. The summed E-state index contributed by atoms with van der Waals surface area (Å²) in [5, 5.41) is 8.87. The lowest BCUT2D eigenvalue weighted by atomic mass is 10.1. The second-order valence-electron chi connectivity index (χ2n) is 5.05. The van der Waals surface area contributed by atoms with E-state index in [0.717, 1.165) is 12.8 Å². The molecule has 1 aromatic rings. The number of carboxylic acids is 1. The molecule has 0 radical (unpaired) electrons. The molecule has 0 aromatic heterocycles. The van der Waals surface area contributed by atoms with Crippen molar-refractivity contribution in [3.05, 3.63) is 24.3 Å². The van der Waals surface area contributed by atoms with Gasteiger partial charge in [-0.1, -0.05) is 12.1 Å². The van der Waals surface area contributed by atoms with E-state index in [1.807, 2.05) is 0 Å². The Morgan fingerprint density at radius 2 is 2.10 bits per heavy atom. The fourth-order valence-electron chi connectivity index (χ4n) is 2.40. The Morgan fingerprint density at radius 3 is 2.71 bits per heavy atom. The summed E-state index contributed by atoms with van der Waals surface area (Å²) in [6, 6.07) is 6.96. The molecule has 0 spiro atoms. The van der Waals surface area contributed by atoms with Gasteiger partial charge in [0.15, 0.2) is 0 Å². The molecule has 0 aliphatic carbocycles. The van der Waals surface area contributed by atoms with Crippen LogP contribution in [0.15, 0.2) is 24.3 Å². The predicted octanol–water partition coefficient (Wildman–Crippen LogP) is 1.65. The van der Waals surface area contributed by atoms with Gasteiger partial charge >= 0.3 is 5.97 Å². The van der Waals surface area contributed by atoms with E-state index in [0.29, 0.717) is 24.4 Å². The fraction of sp³-hybridized carbons (Fsp3) is 0.467. The third-order valence-corrected chi connectivity index (χ3v) is 3.50. The van der Waals surface area contributed by atoms with Gasteiger partial charge in [0.05, 0.1) is 17.8 Å². The Bertz CT molecular complexity index is 512. The molecule has 3 N–H and O–H groups in total. The van der Waals surface area contributed by atoms with E-state index in [4.69, 9.17) is 15.6 Å². The Labute approximate surface area is 123 Å². The van der Waals surface area contributed by atoms with Gasteiger partial charge in [-0.25, -0.2) is 0 Å². The first kappa shape index (κ1) is 15.3. The lowest BCUT2D eigenvalue weighted by molar-refractivity contribution is -0.137. The van der Waals surface area contributed by atoms with Crippen LogP contribution in [-0.2, 0) is 14.3 Å². The molecule has 114 valence electrons. The number of carboxylic acid groups (broad SMARTS) is 1. The largest absolute Gasteiger partial charge is 0.481 e. The highest BCUT2D eigenvalue weighted by Gasteiger charge is 2.28. The Morgan fingerprint density at radius 1 is 1.33 bits per heavy atom. The van der Waals surface area contributed by atoms with Crippen molar-refractivity contribution in [1.29, 1.82) is 0 Å². The van der Waals surface area contributed by atoms with E-state index in [-0.39, 0.29) is 18.9 Å². The standard InChI is InChI=1S/C15H20N2O4/c16-11-5-1-2-6-12(11)17(9-8-14(18)19)15(20)13-7-3-4-10-21-13/h1-2,5-6,13H,3-4,7-10,16H2,(H,18,19). The third kappa shape index (κ3) is 3.95. The normalized spacial score (nSPS) is 18.2. The zero-order valence-corrected chi connectivity index (χ0v) is 11.8. The summed E-state index contributed by atoms with van der Waals surface area (Å²) in [6.45, 7) is 0.649. The van der Waals surface area contributed by atoms with Crippen molar-refractivity contribution in [3.8, 4) is 0 Å². The number of hydrogen-bond donors (Lipinski definition) is 2. The van der Waals surface area contributed by atoms with Crippen LogP contribution in [0.5, 0.6) is 0 Å². The highest BCUT2D eigenvalue weighted by Crippen LogP contribution is 2.25. The predicted molar refractivity (Wildman–Crippen MR) is 79.1 cm³/mol. The van der Waals surface area contributed by atoms with E-state index in [2.05, 4.69) is 0 Å². The molecule has 0 saturated carbocycles. The number of hydrogen-bond acceptors (Lipinski definition) is 4. The minimum Gasteiger partial charge on any atom is -0.481 e. The van der Waals surface area contributed by atoms with Crippen LogP contribution in [0, 0.1) is 0 Å². The lowest BCUT2D eigenvalue weighted by Crippen LogP contribution is -2.43. The first-order valence-corrected chi connectivity index (χ1v) is 7.09. The number of nitrogens with two attached hydrogens (primary N) is 1. The molecule has 2 rings (SSSR count). The zero-order valence-electron chi connectivity index (χ0n) is 11.8. The number of anilines is 2. The lowest BCUT2D eigenvalue weighted by Gasteiger charge is -2.30. The number of ether oxygens (including phenoxy) is 1. The first-order valence-electron chi connectivity index (χ1n) is 7.09. The summed E-state index contributed by atoms with van der Waals surface area (Å²) in [4.78, 5) is 24.9. The number of nitrogen functional groups attached to an aromatic ring is 1. The minimum absolute atomic E-state index is 0.0856. The molecule has 6 nitrogen and oxygen atoms in total. The second kappa shape index (κ2) is 7.08. The molecule has 1 atom stereocenters. The number of nitrogens with zero attached hydrogens (tertiary/aromatic N) is 1. The van der Waals surface area contributed by atoms with Gasteiger partial charge in [-0.3, -0.25) is 9.59 Å². The number of para-hydroxylation sites is 2. The molecule has 21 heavy (non-hydrogen) atoms. The van der Waals surface area contributed by atoms with E-state index in [1.54, 1.807) is 24.3 Å². The SMILES string of the molecule is Nc1ccccc1N(CCC(=O)O)C(=O)C1CCCCO1. The first-order chi connectivity index (χ1) is 10.1. The summed E-state index contributed by atoms with van der Waals surface area (Å²) >= 11 is 0. The average molecular weight is 292 g/mol. The van der Waals surface area contributed by atoms with E-state index in [1.165, 1.54) is 4.90 Å². The molecule has 0 bridgehead atoms. The van der Waals surface area contributed by atoms with Crippen LogP contribution < -0.4 is 10.6 Å². The number of benzene rings is 1. The van der Waals surface area contributed by atoms with Gasteiger partial charge in [-0.2, -0.15) is 0 Å². The summed E-state index contributed by atoms with van der Waals surface area (Å²) in [7, 11) is 0. The summed E-state index contributed by atoms with van der Waals surface area (Å²) in [6.07, 6.45) is 1.91. The molecular weight excluding hydrogens is 272 g/mol. The van der Waals surface area contributed by atoms with Crippen LogP contribution in [-0.4, -0.2) is 36.2 Å². The Hall–Kier alpha value is -2.08. The van der Waals surface area contributed by atoms with Gasteiger partial charge in [0, 0.05) is 13.2 Å². The highest BCUT2D eigenvalue weighted by molar-refractivity contribution is 5.99. The number of aliphatic carboxylic acids is 1. The molecule has 1 heterocycles. The summed E-state index contributed by atoms with van der Waals surface area (Å²) in [5.74, 6) is -1.17. The van der Waals surface area contributed by atoms with E-state index >= 15 is 0 Å². The van der Waals surface area contributed by atoms with Gasteiger partial charge in [-0.15, -0.1) is 0 Å². The van der Waals surface area contributed by atoms with Crippen LogP contribution in [0.3, 0.4) is 0 Å². The Balaban J connectivity index is 2.20. The fourth-order valence-corrected chi connectivity index (χ4v) is 2.40. The van der Waals surface area contributed by atoms with Crippen LogP contribution in [0.4, 0.5) is 11.4 Å². The maximum atomic E-state index is 12.6. The van der Waals surface area contributed by atoms with Crippen LogP contribution in [0.1, 0.15) is 25.7 Å². The molecule has 1 saturated heterocycles. The number of carbonyl (C=O) groups is 2. The van der Waals surface area contributed by atoms with E-state index < -0.39 is 12.1 Å². The van der Waals surface area contributed by atoms with Crippen LogP contribution in [0.2, 0.25) is 0 Å². The molecule has 1 aliphatic heterocycles. The average Bonchev–Trinajstić information content (AvgIpc) is 2.49. The quantitative estimate of drug-likeness (QED) is 0.805. The Kier molecular flexibility index (Phi) is 5.16. The number of amides is 1. The van der Waals surface area contributed by atoms with Crippen molar-refractivity contribution in [2.75, 3.05) is 23.8 Å². The van der Waals surface area contributed by atoms with Gasteiger partial charge in [0.25, 0.3) is 5.91 Å². The molecule has 1 amide bonds. The van der Waals surface area contributed by atoms with Crippen molar-refractivity contribution in [1.82, 2.24) is 0 Å². The molecule has 1 aliphatic rings. The molecule has 1 fully saturated rings. The van der Waals surface area contributed by atoms with E-state index in [9.17, 15) is 9.59 Å². The van der Waals surface area contributed by atoms with Crippen LogP contribution in [0.25, 0.3) is 0 Å². The number of rotatable bonds is 5. The van der Waals surface area contributed by atoms with Gasteiger partial charge in [-0.05, 0) is 31.4 Å². The van der Waals surface area contributed by atoms with Crippen molar-refractivity contribution in [2.45, 2.75) is 31.8 Å². The van der Waals surface area contributed by atoms with Crippen molar-refractivity contribution in [3.63, 3.8) is 0 Å². The molecule has 6 heteroatoms. The molecular formula is C15H20N2O4. The van der Waals surface area contributed by atoms with Gasteiger partial charge in [0.2, 0.25) is 0 Å². The second-order valence-corrected chi connectivity index (χ2v) is 5.05. The van der Waals surface area contributed by atoms with Crippen molar-refractivity contribution < 1.29 is 19.4 Å².